The number of nitrogens with one attached hydrogen (secondary N) is 1. The van der Waals surface area contributed by atoms with Crippen molar-refractivity contribution in [3.8, 4) is 0 Å². The van der Waals surface area contributed by atoms with Crippen LogP contribution in [0, 0.1) is 30.4 Å². The first kappa shape index (κ1) is 20.5. The number of pyridine rings is 1. The molecular weight excluding hydrogens is 382 g/mol. The van der Waals surface area contributed by atoms with Gasteiger partial charge in [0, 0.05) is 23.2 Å². The van der Waals surface area contributed by atoms with E-state index in [0.29, 0.717) is 17.5 Å². The number of aryl methyl sites for hydroxylation is 1. The monoisotopic (exact) mass is 408 g/mol. The number of carbonyl (C=O) groups is 1. The highest BCUT2D eigenvalue weighted by molar-refractivity contribution is 5.93. The van der Waals surface area contributed by atoms with Gasteiger partial charge in [-0.15, -0.1) is 0 Å². The Labute approximate surface area is 175 Å². The summed E-state index contributed by atoms with van der Waals surface area (Å²) in [5.74, 6) is -0.0474. The highest BCUT2D eigenvalue weighted by Crippen LogP contribution is 2.41. The largest absolute Gasteiger partial charge is 0.326 e. The summed E-state index contributed by atoms with van der Waals surface area (Å²) in [7, 11) is 0. The molecule has 3 nitrogen and oxygen atoms in total. The van der Waals surface area contributed by atoms with Gasteiger partial charge in [-0.3, -0.25) is 9.78 Å². The number of aromatic nitrogens is 1. The Kier molecular flexibility index (Phi) is 5.80. The zero-order valence-electron chi connectivity index (χ0n) is 17.3. The smallest absolute Gasteiger partial charge is 0.227 e. The Morgan fingerprint density at radius 1 is 1.03 bits per heavy atom. The van der Waals surface area contributed by atoms with E-state index in [0.717, 1.165) is 47.7 Å². The average molecular weight is 408 g/mol. The van der Waals surface area contributed by atoms with Crippen LogP contribution in [0.1, 0.15) is 49.7 Å². The highest BCUT2D eigenvalue weighted by Gasteiger charge is 2.30. The van der Waals surface area contributed by atoms with Crippen molar-refractivity contribution in [3.63, 3.8) is 0 Å². The van der Waals surface area contributed by atoms with Crippen LogP contribution in [0.5, 0.6) is 0 Å². The van der Waals surface area contributed by atoms with E-state index in [9.17, 15) is 13.6 Å². The lowest BCUT2D eigenvalue weighted by Gasteiger charge is -2.32. The SMILES string of the molecule is Cc1cc(F)ccc1NC(=O)[C@H](C)C1CCC(c2ccnc3ccc(F)cc23)CC1. The topological polar surface area (TPSA) is 42.0 Å². The van der Waals surface area contributed by atoms with E-state index >= 15 is 0 Å². The molecule has 1 heterocycles. The summed E-state index contributed by atoms with van der Waals surface area (Å²) >= 11 is 0. The Bertz CT molecular complexity index is 1070. The zero-order valence-corrected chi connectivity index (χ0v) is 17.3. The molecule has 1 amide bonds. The standard InChI is InChI=1S/C25H26F2N2O/c1-15-13-19(26)7-9-23(15)29-25(30)16(2)17-3-5-18(6-4-17)21-11-12-28-24-10-8-20(27)14-22(21)24/h7-14,16-18H,3-6H2,1-2H3,(H,29,30)/t16-,17?,18?/m1/s1. The molecule has 5 heteroatoms. The lowest BCUT2D eigenvalue weighted by atomic mass is 9.73. The van der Waals surface area contributed by atoms with Crippen LogP contribution in [-0.2, 0) is 4.79 Å². The molecule has 0 radical (unpaired) electrons. The van der Waals surface area contributed by atoms with Gasteiger partial charge in [0.15, 0.2) is 0 Å². The molecular formula is C25H26F2N2O. The Morgan fingerprint density at radius 3 is 2.47 bits per heavy atom. The number of halogens is 2. The molecule has 0 saturated heterocycles. The maximum Gasteiger partial charge on any atom is 0.227 e. The quantitative estimate of drug-likeness (QED) is 0.545. The average Bonchev–Trinajstić information content (AvgIpc) is 2.75. The number of benzene rings is 2. The molecule has 1 fully saturated rings. The lowest BCUT2D eigenvalue weighted by Crippen LogP contribution is -2.29. The summed E-state index contributed by atoms with van der Waals surface area (Å²) in [4.78, 5) is 17.1. The minimum atomic E-state index is -0.305. The summed E-state index contributed by atoms with van der Waals surface area (Å²) < 4.78 is 27.1. The van der Waals surface area contributed by atoms with Gasteiger partial charge >= 0.3 is 0 Å². The fourth-order valence-corrected chi connectivity index (χ4v) is 4.65. The third-order valence-electron chi connectivity index (χ3n) is 6.52. The summed E-state index contributed by atoms with van der Waals surface area (Å²) in [5.41, 5.74) is 3.35. The highest BCUT2D eigenvalue weighted by atomic mass is 19.1. The van der Waals surface area contributed by atoms with Gasteiger partial charge in [-0.05, 0) is 98.0 Å². The first-order valence-corrected chi connectivity index (χ1v) is 10.5. The van der Waals surface area contributed by atoms with Crippen LogP contribution in [0.2, 0.25) is 0 Å². The molecule has 2 aromatic carbocycles. The predicted molar refractivity (Wildman–Crippen MR) is 115 cm³/mol. The summed E-state index contributed by atoms with van der Waals surface area (Å²) in [6.45, 7) is 3.76. The molecule has 4 rings (SSSR count). The third-order valence-corrected chi connectivity index (χ3v) is 6.52. The summed E-state index contributed by atoms with van der Waals surface area (Å²) in [6, 6.07) is 11.1. The number of amides is 1. The van der Waals surface area contributed by atoms with Crippen molar-refractivity contribution in [2.24, 2.45) is 11.8 Å². The molecule has 0 spiro atoms. The molecule has 0 unspecified atom stereocenters. The third kappa shape index (κ3) is 4.20. The molecule has 1 N–H and O–H groups in total. The van der Waals surface area contributed by atoms with E-state index in [1.165, 1.54) is 18.2 Å². The normalized spacial score (nSPS) is 20.1. The van der Waals surface area contributed by atoms with Crippen molar-refractivity contribution in [3.05, 3.63) is 71.4 Å². The number of rotatable bonds is 4. The van der Waals surface area contributed by atoms with Crippen LogP contribution in [-0.4, -0.2) is 10.9 Å². The van der Waals surface area contributed by atoms with Crippen LogP contribution in [0.3, 0.4) is 0 Å². The second-order valence-corrected chi connectivity index (χ2v) is 8.41. The van der Waals surface area contributed by atoms with Crippen LogP contribution in [0.25, 0.3) is 10.9 Å². The number of hydrogen-bond acceptors (Lipinski definition) is 2. The first-order chi connectivity index (χ1) is 14.4. The number of fused-ring (bicyclic) bond motifs is 1. The molecule has 1 aromatic heterocycles. The molecule has 1 aliphatic rings. The molecule has 0 aliphatic heterocycles. The van der Waals surface area contributed by atoms with Crippen molar-refractivity contribution in [2.75, 3.05) is 5.32 Å². The van der Waals surface area contributed by atoms with E-state index in [2.05, 4.69) is 10.3 Å². The Hall–Kier alpha value is -2.82. The van der Waals surface area contributed by atoms with Gasteiger partial charge in [0.1, 0.15) is 11.6 Å². The minimum Gasteiger partial charge on any atom is -0.326 e. The molecule has 1 atom stereocenters. The van der Waals surface area contributed by atoms with Crippen LogP contribution in [0.15, 0.2) is 48.7 Å². The van der Waals surface area contributed by atoms with Gasteiger partial charge in [0.05, 0.1) is 5.52 Å². The summed E-state index contributed by atoms with van der Waals surface area (Å²) in [5, 5.41) is 3.84. The molecule has 3 aromatic rings. The molecule has 30 heavy (non-hydrogen) atoms. The fourth-order valence-electron chi connectivity index (χ4n) is 4.65. The maximum absolute atomic E-state index is 13.8. The van der Waals surface area contributed by atoms with Crippen LogP contribution >= 0.6 is 0 Å². The van der Waals surface area contributed by atoms with Gasteiger partial charge in [0.2, 0.25) is 5.91 Å². The van der Waals surface area contributed by atoms with Gasteiger partial charge < -0.3 is 5.32 Å². The van der Waals surface area contributed by atoms with E-state index in [-0.39, 0.29) is 23.5 Å². The minimum absolute atomic E-state index is 0.0235. The number of carbonyl (C=O) groups excluding carboxylic acids is 1. The van der Waals surface area contributed by atoms with Crippen molar-refractivity contribution >= 4 is 22.5 Å². The Balaban J connectivity index is 1.42. The second-order valence-electron chi connectivity index (χ2n) is 8.41. The zero-order chi connectivity index (χ0) is 21.3. The van der Waals surface area contributed by atoms with Crippen molar-refractivity contribution in [2.45, 2.75) is 45.4 Å². The number of anilines is 1. The van der Waals surface area contributed by atoms with Crippen molar-refractivity contribution in [1.29, 1.82) is 0 Å². The van der Waals surface area contributed by atoms with E-state index < -0.39 is 0 Å². The van der Waals surface area contributed by atoms with Gasteiger partial charge in [-0.1, -0.05) is 6.92 Å². The predicted octanol–water partition coefficient (Wildman–Crippen LogP) is 6.37. The molecule has 0 bridgehead atoms. The fraction of sp³-hybridized carbons (Fsp3) is 0.360. The maximum atomic E-state index is 13.8. The van der Waals surface area contributed by atoms with Gasteiger partial charge in [-0.25, -0.2) is 8.78 Å². The Morgan fingerprint density at radius 2 is 1.73 bits per heavy atom. The first-order valence-electron chi connectivity index (χ1n) is 10.5. The molecule has 1 aliphatic carbocycles. The van der Waals surface area contributed by atoms with Crippen molar-refractivity contribution in [1.82, 2.24) is 4.98 Å². The number of hydrogen-bond donors (Lipinski definition) is 1. The van der Waals surface area contributed by atoms with E-state index in [1.807, 2.05) is 13.0 Å². The summed E-state index contributed by atoms with van der Waals surface area (Å²) in [6.07, 6.45) is 5.62. The number of nitrogens with zero attached hydrogens (tertiary/aromatic N) is 1. The van der Waals surface area contributed by atoms with Crippen molar-refractivity contribution < 1.29 is 13.6 Å². The molecule has 156 valence electrons. The second kappa shape index (κ2) is 8.50. The molecule has 1 saturated carbocycles. The van der Waals surface area contributed by atoms with Crippen LogP contribution < -0.4 is 5.32 Å². The van der Waals surface area contributed by atoms with Crippen LogP contribution in [0.4, 0.5) is 14.5 Å². The van der Waals surface area contributed by atoms with Gasteiger partial charge in [0.25, 0.3) is 0 Å². The van der Waals surface area contributed by atoms with Gasteiger partial charge in [-0.2, -0.15) is 0 Å². The van der Waals surface area contributed by atoms with E-state index in [1.54, 1.807) is 31.3 Å². The lowest BCUT2D eigenvalue weighted by molar-refractivity contribution is -0.121. The van der Waals surface area contributed by atoms with E-state index in [4.69, 9.17) is 0 Å².